The maximum absolute atomic E-state index is 12.0. The van der Waals surface area contributed by atoms with E-state index in [1.807, 2.05) is 0 Å². The molecule has 2 unspecified atom stereocenters. The molecule has 0 radical (unpaired) electrons. The highest BCUT2D eigenvalue weighted by atomic mass is 79.9. The van der Waals surface area contributed by atoms with E-state index in [0.717, 1.165) is 6.92 Å². The first-order chi connectivity index (χ1) is 2.94. The molecule has 0 spiro atoms. The van der Waals surface area contributed by atoms with Crippen LogP contribution in [0.15, 0.2) is 0 Å². The fourth-order valence-electron chi connectivity index (χ4n) is 0. The maximum Gasteiger partial charge on any atom is 0.203 e. The van der Waals surface area contributed by atoms with Gasteiger partial charge in [0.15, 0.2) is 5.08 Å². The quantitative estimate of drug-likeness (QED) is 0.616. The van der Waals surface area contributed by atoms with Crippen LogP contribution in [0.4, 0.5) is 8.78 Å². The molecule has 7 heavy (non-hydrogen) atoms. The predicted molar refractivity (Wildman–Crippen MR) is 32.3 cm³/mol. The molecule has 0 fully saturated rings. The van der Waals surface area contributed by atoms with Gasteiger partial charge in [-0.1, -0.05) is 0 Å². The van der Waals surface area contributed by atoms with E-state index in [4.69, 9.17) is 0 Å². The largest absolute Gasteiger partial charge is 0.230 e. The molecule has 0 saturated heterocycles. The summed E-state index contributed by atoms with van der Waals surface area (Å²) in [7, 11) is 0. The first-order valence-electron chi connectivity index (χ1n) is 1.60. The van der Waals surface area contributed by atoms with Crippen LogP contribution in [0.1, 0.15) is 6.92 Å². The van der Waals surface area contributed by atoms with Gasteiger partial charge in [0, 0.05) is 0 Å². The zero-order valence-corrected chi connectivity index (χ0v) is 6.76. The highest BCUT2D eigenvalue weighted by Crippen LogP contribution is 2.29. The first kappa shape index (κ1) is 7.82. The Morgan fingerprint density at radius 2 is 1.86 bits per heavy atom. The standard InChI is InChI=1S/C3H4Br2F2/c1-3(5,7)2(4)6/h2H,1H3. The molecule has 0 aliphatic rings. The van der Waals surface area contributed by atoms with Crippen LogP contribution in [0.2, 0.25) is 0 Å². The van der Waals surface area contributed by atoms with Crippen molar-refractivity contribution >= 4 is 31.9 Å². The summed E-state index contributed by atoms with van der Waals surface area (Å²) in [6.45, 7) is 1.09. The van der Waals surface area contributed by atoms with E-state index in [2.05, 4.69) is 31.9 Å². The van der Waals surface area contributed by atoms with E-state index < -0.39 is 9.66 Å². The van der Waals surface area contributed by atoms with E-state index in [1.165, 1.54) is 0 Å². The molecule has 0 aliphatic carbocycles. The summed E-state index contributed by atoms with van der Waals surface area (Å²) >= 11 is 4.86. The van der Waals surface area contributed by atoms with Crippen molar-refractivity contribution in [1.29, 1.82) is 0 Å². The summed E-state index contributed by atoms with van der Waals surface area (Å²) in [5.41, 5.74) is 0. The van der Waals surface area contributed by atoms with Crippen molar-refractivity contribution < 1.29 is 8.78 Å². The SMILES string of the molecule is CC(F)(Br)C(F)Br. The normalized spacial score (nSPS) is 23.6. The van der Waals surface area contributed by atoms with Gasteiger partial charge in [0.25, 0.3) is 0 Å². The lowest BCUT2D eigenvalue weighted by molar-refractivity contribution is 0.232. The van der Waals surface area contributed by atoms with Gasteiger partial charge in [-0.15, -0.1) is 0 Å². The minimum atomic E-state index is -1.94. The summed E-state index contributed by atoms with van der Waals surface area (Å²) in [4.78, 5) is 0. The van der Waals surface area contributed by atoms with Crippen molar-refractivity contribution in [3.05, 3.63) is 0 Å². The van der Waals surface area contributed by atoms with Gasteiger partial charge in [0.2, 0.25) is 4.58 Å². The lowest BCUT2D eigenvalue weighted by Gasteiger charge is -2.09. The van der Waals surface area contributed by atoms with E-state index in [0.29, 0.717) is 0 Å². The number of hydrogen-bond acceptors (Lipinski definition) is 0. The Kier molecular flexibility index (Phi) is 2.68. The van der Waals surface area contributed by atoms with E-state index in [1.54, 1.807) is 0 Å². The molecule has 44 valence electrons. The summed E-state index contributed by atoms with van der Waals surface area (Å²) in [5.74, 6) is 0. The van der Waals surface area contributed by atoms with Gasteiger partial charge in [-0.25, -0.2) is 8.78 Å². The summed E-state index contributed by atoms with van der Waals surface area (Å²) in [5, 5.41) is -1.64. The van der Waals surface area contributed by atoms with Crippen LogP contribution in [0, 0.1) is 0 Å². The third kappa shape index (κ3) is 3.41. The molecule has 0 aromatic rings. The van der Waals surface area contributed by atoms with Crippen LogP contribution in [0.3, 0.4) is 0 Å². The second-order valence-electron chi connectivity index (χ2n) is 1.26. The molecule has 0 bridgehead atoms. The smallest absolute Gasteiger partial charge is 0.203 e. The number of rotatable bonds is 1. The van der Waals surface area contributed by atoms with Crippen LogP contribution in [0.25, 0.3) is 0 Å². The second-order valence-corrected chi connectivity index (χ2v) is 3.61. The van der Waals surface area contributed by atoms with E-state index >= 15 is 0 Å². The molecule has 0 aromatic heterocycles. The third-order valence-corrected chi connectivity index (χ3v) is 2.26. The minimum absolute atomic E-state index is 1.09. The lowest BCUT2D eigenvalue weighted by Crippen LogP contribution is -2.16. The van der Waals surface area contributed by atoms with Crippen molar-refractivity contribution in [2.24, 2.45) is 0 Å². The fourth-order valence-corrected chi connectivity index (χ4v) is 0. The molecule has 0 N–H and O–H groups in total. The summed E-state index contributed by atoms with van der Waals surface area (Å²) < 4.78 is 21.8. The average Bonchev–Trinajstić information content (AvgIpc) is 1.31. The molecule has 4 heteroatoms. The van der Waals surface area contributed by atoms with Crippen molar-refractivity contribution in [2.75, 3.05) is 0 Å². The molecule has 0 heterocycles. The molecule has 0 aromatic carbocycles. The van der Waals surface area contributed by atoms with Gasteiger partial charge < -0.3 is 0 Å². The molecule has 2 atom stereocenters. The summed E-state index contributed by atoms with van der Waals surface area (Å²) in [6.07, 6.45) is 0. The highest BCUT2D eigenvalue weighted by Gasteiger charge is 2.28. The molecular weight excluding hydrogens is 234 g/mol. The molecule has 0 nitrogen and oxygen atoms in total. The first-order valence-corrected chi connectivity index (χ1v) is 3.31. The van der Waals surface area contributed by atoms with Gasteiger partial charge in [-0.2, -0.15) is 0 Å². The number of hydrogen-bond donors (Lipinski definition) is 0. The van der Waals surface area contributed by atoms with E-state index in [9.17, 15) is 8.78 Å². The van der Waals surface area contributed by atoms with Gasteiger partial charge >= 0.3 is 0 Å². The Morgan fingerprint density at radius 1 is 1.71 bits per heavy atom. The zero-order valence-electron chi connectivity index (χ0n) is 3.59. The molecular formula is C3H4Br2F2. The van der Waals surface area contributed by atoms with Crippen molar-refractivity contribution in [3.8, 4) is 0 Å². The number of halogens is 4. The monoisotopic (exact) mass is 236 g/mol. The van der Waals surface area contributed by atoms with E-state index in [-0.39, 0.29) is 0 Å². The second kappa shape index (κ2) is 2.40. The van der Waals surface area contributed by atoms with Crippen molar-refractivity contribution in [3.63, 3.8) is 0 Å². The Bertz CT molecular complexity index is 56.4. The van der Waals surface area contributed by atoms with Gasteiger partial charge in [-0.05, 0) is 38.8 Å². The Labute approximate surface area is 57.5 Å². The Hall–Kier alpha value is 0.820. The van der Waals surface area contributed by atoms with Gasteiger partial charge in [-0.3, -0.25) is 0 Å². The Morgan fingerprint density at radius 3 is 1.86 bits per heavy atom. The van der Waals surface area contributed by atoms with Crippen LogP contribution in [-0.4, -0.2) is 9.66 Å². The van der Waals surface area contributed by atoms with Crippen LogP contribution < -0.4 is 0 Å². The predicted octanol–water partition coefficient (Wildman–Crippen LogP) is 2.76. The number of alkyl halides is 4. The third-order valence-electron chi connectivity index (χ3n) is 0.383. The maximum atomic E-state index is 12.0. The van der Waals surface area contributed by atoms with Crippen molar-refractivity contribution in [2.45, 2.75) is 16.6 Å². The lowest BCUT2D eigenvalue weighted by atomic mass is 10.5. The Balaban J connectivity index is 3.54. The van der Waals surface area contributed by atoms with Crippen LogP contribution in [-0.2, 0) is 0 Å². The summed E-state index contributed by atoms with van der Waals surface area (Å²) in [6, 6.07) is 0. The average molecular weight is 238 g/mol. The molecule has 0 rings (SSSR count). The minimum Gasteiger partial charge on any atom is -0.230 e. The highest BCUT2D eigenvalue weighted by molar-refractivity contribution is 9.12. The fraction of sp³-hybridized carbons (Fsp3) is 1.00. The van der Waals surface area contributed by atoms with Gasteiger partial charge in [0.05, 0.1) is 0 Å². The molecule has 0 saturated carbocycles. The molecule has 0 amide bonds. The van der Waals surface area contributed by atoms with Crippen LogP contribution in [0.5, 0.6) is 0 Å². The van der Waals surface area contributed by atoms with Crippen molar-refractivity contribution in [1.82, 2.24) is 0 Å². The zero-order chi connectivity index (χ0) is 6.08. The van der Waals surface area contributed by atoms with Crippen LogP contribution >= 0.6 is 31.9 Å². The topological polar surface area (TPSA) is 0 Å². The van der Waals surface area contributed by atoms with Gasteiger partial charge in [0.1, 0.15) is 0 Å². The molecule has 0 aliphatic heterocycles.